The van der Waals surface area contributed by atoms with Gasteiger partial charge in [-0.05, 0) is 84.0 Å². The van der Waals surface area contributed by atoms with Crippen molar-refractivity contribution >= 4 is 63.1 Å². The van der Waals surface area contributed by atoms with E-state index in [0.29, 0.717) is 17.7 Å². The molecular weight excluding hydrogens is 461 g/mol. The van der Waals surface area contributed by atoms with Crippen LogP contribution in [0.5, 0.6) is 0 Å². The van der Waals surface area contributed by atoms with Gasteiger partial charge in [-0.3, -0.25) is 14.9 Å². The molecule has 0 atom stereocenters. The van der Waals surface area contributed by atoms with Crippen molar-refractivity contribution in [1.29, 1.82) is 0 Å². The van der Waals surface area contributed by atoms with E-state index in [-0.39, 0.29) is 16.9 Å². The van der Waals surface area contributed by atoms with Crippen molar-refractivity contribution in [2.75, 3.05) is 10.6 Å². The highest BCUT2D eigenvalue weighted by molar-refractivity contribution is 14.1. The molecular formula is C19H20IN3O2S. The Kier molecular flexibility index (Phi) is 7.10. The molecule has 0 heterocycles. The number of rotatable bonds is 4. The summed E-state index contributed by atoms with van der Waals surface area (Å²) in [7, 11) is 0. The molecule has 0 aliphatic carbocycles. The molecule has 26 heavy (non-hydrogen) atoms. The molecule has 2 aromatic rings. The standard InChI is InChI=1S/C19H20IN3O2S/c1-4-17(24)21-15-6-5-7-16(12(15)3)22-19(26)23-18(25)13-9-8-11(2)14(20)10-13/h5-10H,4H2,1-3H3,(H,21,24)(H2,22,23,25,26). The summed E-state index contributed by atoms with van der Waals surface area (Å²) in [6.07, 6.45) is 0.404. The fourth-order valence-electron chi connectivity index (χ4n) is 2.21. The Morgan fingerprint density at radius 2 is 1.73 bits per heavy atom. The highest BCUT2D eigenvalue weighted by Gasteiger charge is 2.11. The molecule has 2 rings (SSSR count). The zero-order chi connectivity index (χ0) is 19.3. The Morgan fingerprint density at radius 1 is 1.08 bits per heavy atom. The largest absolute Gasteiger partial charge is 0.332 e. The molecule has 0 saturated carbocycles. The third kappa shape index (κ3) is 5.25. The van der Waals surface area contributed by atoms with Gasteiger partial charge < -0.3 is 10.6 Å². The average Bonchev–Trinajstić information content (AvgIpc) is 2.60. The third-order valence-corrected chi connectivity index (χ3v) is 5.20. The number of thiocarbonyl (C=S) groups is 1. The Balaban J connectivity index is 2.07. The molecule has 5 nitrogen and oxygen atoms in total. The number of anilines is 2. The fraction of sp³-hybridized carbons (Fsp3) is 0.211. The molecule has 136 valence electrons. The van der Waals surface area contributed by atoms with E-state index in [1.807, 2.05) is 44.2 Å². The molecule has 3 N–H and O–H groups in total. The van der Waals surface area contributed by atoms with Crippen LogP contribution in [0.3, 0.4) is 0 Å². The number of nitrogens with one attached hydrogen (secondary N) is 3. The molecule has 0 aliphatic heterocycles. The lowest BCUT2D eigenvalue weighted by molar-refractivity contribution is -0.115. The molecule has 7 heteroatoms. The highest BCUT2D eigenvalue weighted by Crippen LogP contribution is 2.23. The first-order valence-electron chi connectivity index (χ1n) is 8.09. The quantitative estimate of drug-likeness (QED) is 0.448. The Labute approximate surface area is 172 Å². The lowest BCUT2D eigenvalue weighted by atomic mass is 10.1. The maximum absolute atomic E-state index is 12.3. The zero-order valence-electron chi connectivity index (χ0n) is 14.8. The minimum atomic E-state index is -0.270. The number of carbonyl (C=O) groups is 2. The van der Waals surface area contributed by atoms with Gasteiger partial charge in [0, 0.05) is 26.9 Å². The first-order valence-corrected chi connectivity index (χ1v) is 9.58. The van der Waals surface area contributed by atoms with Crippen LogP contribution in [0, 0.1) is 17.4 Å². The van der Waals surface area contributed by atoms with Gasteiger partial charge in [-0.1, -0.05) is 19.1 Å². The van der Waals surface area contributed by atoms with Crippen LogP contribution in [0.4, 0.5) is 11.4 Å². The highest BCUT2D eigenvalue weighted by atomic mass is 127. The van der Waals surface area contributed by atoms with Crippen molar-refractivity contribution in [3.8, 4) is 0 Å². The van der Waals surface area contributed by atoms with Crippen LogP contribution in [0.2, 0.25) is 0 Å². The van der Waals surface area contributed by atoms with Crippen molar-refractivity contribution in [1.82, 2.24) is 5.32 Å². The maximum atomic E-state index is 12.3. The lowest BCUT2D eigenvalue weighted by Gasteiger charge is -2.15. The van der Waals surface area contributed by atoms with Crippen LogP contribution < -0.4 is 16.0 Å². The maximum Gasteiger partial charge on any atom is 0.257 e. The number of hydrogen-bond acceptors (Lipinski definition) is 3. The molecule has 0 saturated heterocycles. The summed E-state index contributed by atoms with van der Waals surface area (Å²) >= 11 is 7.45. The van der Waals surface area contributed by atoms with Gasteiger partial charge >= 0.3 is 0 Å². The molecule has 2 aromatic carbocycles. The van der Waals surface area contributed by atoms with Crippen LogP contribution in [0.25, 0.3) is 0 Å². The summed E-state index contributed by atoms with van der Waals surface area (Å²) in [6, 6.07) is 11.0. The predicted molar refractivity (Wildman–Crippen MR) is 118 cm³/mol. The number of hydrogen-bond donors (Lipinski definition) is 3. The Hall–Kier alpha value is -2.00. The molecule has 2 amide bonds. The van der Waals surface area contributed by atoms with E-state index in [9.17, 15) is 9.59 Å². The van der Waals surface area contributed by atoms with Crippen LogP contribution in [-0.2, 0) is 4.79 Å². The number of aryl methyl sites for hydroxylation is 1. The number of halogens is 1. The SMILES string of the molecule is CCC(=O)Nc1cccc(NC(=S)NC(=O)c2ccc(C)c(I)c2)c1C. The van der Waals surface area contributed by atoms with Crippen molar-refractivity contribution in [2.45, 2.75) is 27.2 Å². The molecule has 0 bridgehead atoms. The third-order valence-electron chi connectivity index (χ3n) is 3.84. The van der Waals surface area contributed by atoms with Gasteiger partial charge in [0.1, 0.15) is 0 Å². The predicted octanol–water partition coefficient (Wildman–Crippen LogP) is 4.38. The second-order valence-electron chi connectivity index (χ2n) is 5.75. The van der Waals surface area contributed by atoms with E-state index in [1.54, 1.807) is 13.0 Å². The van der Waals surface area contributed by atoms with Crippen LogP contribution in [0.15, 0.2) is 36.4 Å². The van der Waals surface area contributed by atoms with Gasteiger partial charge in [0.2, 0.25) is 5.91 Å². The number of carbonyl (C=O) groups excluding carboxylic acids is 2. The van der Waals surface area contributed by atoms with Gasteiger partial charge in [-0.2, -0.15) is 0 Å². The van der Waals surface area contributed by atoms with Crippen molar-refractivity contribution in [3.63, 3.8) is 0 Å². The molecule has 0 radical (unpaired) electrons. The van der Waals surface area contributed by atoms with Crippen molar-refractivity contribution < 1.29 is 9.59 Å². The second kappa shape index (κ2) is 9.09. The van der Waals surface area contributed by atoms with Crippen LogP contribution in [0.1, 0.15) is 34.8 Å². The summed E-state index contributed by atoms with van der Waals surface area (Å²) < 4.78 is 1.02. The summed E-state index contributed by atoms with van der Waals surface area (Å²) in [4.78, 5) is 24.0. The smallest absolute Gasteiger partial charge is 0.257 e. The Bertz CT molecular complexity index is 868. The van der Waals surface area contributed by atoms with E-state index in [1.165, 1.54) is 0 Å². The first-order chi connectivity index (χ1) is 12.3. The van der Waals surface area contributed by atoms with Gasteiger partial charge in [-0.25, -0.2) is 0 Å². The molecule has 0 aromatic heterocycles. The molecule has 0 aliphatic rings. The molecule has 0 unspecified atom stereocenters. The zero-order valence-corrected chi connectivity index (χ0v) is 17.7. The van der Waals surface area contributed by atoms with Crippen LogP contribution >= 0.6 is 34.8 Å². The molecule has 0 fully saturated rings. The van der Waals surface area contributed by atoms with Gasteiger partial charge in [0.05, 0.1) is 0 Å². The van der Waals surface area contributed by atoms with E-state index < -0.39 is 0 Å². The van der Waals surface area contributed by atoms with E-state index in [4.69, 9.17) is 12.2 Å². The van der Waals surface area contributed by atoms with E-state index >= 15 is 0 Å². The number of amides is 2. The second-order valence-corrected chi connectivity index (χ2v) is 7.32. The lowest BCUT2D eigenvalue weighted by Crippen LogP contribution is -2.34. The monoisotopic (exact) mass is 481 g/mol. The number of benzene rings is 2. The van der Waals surface area contributed by atoms with E-state index in [2.05, 4.69) is 38.5 Å². The summed E-state index contributed by atoms with van der Waals surface area (Å²) in [5, 5.41) is 8.74. The average molecular weight is 481 g/mol. The van der Waals surface area contributed by atoms with Crippen molar-refractivity contribution in [3.05, 3.63) is 56.7 Å². The summed E-state index contributed by atoms with van der Waals surface area (Å²) in [5.74, 6) is -0.330. The fourth-order valence-corrected chi connectivity index (χ4v) is 2.93. The topological polar surface area (TPSA) is 70.2 Å². The van der Waals surface area contributed by atoms with Crippen molar-refractivity contribution in [2.24, 2.45) is 0 Å². The van der Waals surface area contributed by atoms with Gasteiger partial charge in [0.15, 0.2) is 5.11 Å². The Morgan fingerprint density at radius 3 is 2.35 bits per heavy atom. The van der Waals surface area contributed by atoms with Gasteiger partial charge in [-0.15, -0.1) is 0 Å². The normalized spacial score (nSPS) is 10.2. The minimum Gasteiger partial charge on any atom is -0.332 e. The van der Waals surface area contributed by atoms with E-state index in [0.717, 1.165) is 20.4 Å². The van der Waals surface area contributed by atoms with Crippen LogP contribution in [-0.4, -0.2) is 16.9 Å². The summed E-state index contributed by atoms with van der Waals surface area (Å²) in [6.45, 7) is 5.66. The summed E-state index contributed by atoms with van der Waals surface area (Å²) in [5.41, 5.74) is 3.94. The first kappa shape index (κ1) is 20.3. The van der Waals surface area contributed by atoms with Gasteiger partial charge in [0.25, 0.3) is 5.91 Å². The molecule has 0 spiro atoms. The minimum absolute atomic E-state index is 0.0601.